The number of carbonyl (C=O) groups is 1. The molecule has 4 heteroatoms. The zero-order valence-corrected chi connectivity index (χ0v) is 10.9. The van der Waals surface area contributed by atoms with Crippen molar-refractivity contribution in [3.8, 4) is 0 Å². The molecule has 1 aliphatic heterocycles. The first-order valence-electron chi connectivity index (χ1n) is 6.50. The predicted octanol–water partition coefficient (Wildman–Crippen LogP) is 1.10. The van der Waals surface area contributed by atoms with Gasteiger partial charge in [0.15, 0.2) is 0 Å². The number of esters is 1. The molecule has 0 amide bonds. The Morgan fingerprint density at radius 1 is 1.37 bits per heavy atom. The maximum atomic E-state index is 11.7. The molecule has 0 radical (unpaired) electrons. The molecule has 3 aliphatic rings. The van der Waals surface area contributed by atoms with Crippen LogP contribution in [0.25, 0.3) is 0 Å². The number of fused-ring (bicyclic) bond motifs is 3. The number of rotatable bonds is 0. The summed E-state index contributed by atoms with van der Waals surface area (Å²) in [6.45, 7) is 9.35. The lowest BCUT2D eigenvalue weighted by Gasteiger charge is -2.39. The highest BCUT2D eigenvalue weighted by atomic mass is 16.6. The Kier molecular flexibility index (Phi) is 2.38. The molecule has 2 aliphatic carbocycles. The highest BCUT2D eigenvalue weighted by molar-refractivity contribution is 5.91. The summed E-state index contributed by atoms with van der Waals surface area (Å²) in [6, 6.07) is 0. The molecule has 5 atom stereocenters. The van der Waals surface area contributed by atoms with E-state index in [1.54, 1.807) is 19.1 Å². The van der Waals surface area contributed by atoms with Gasteiger partial charge in [0.05, 0.1) is 11.5 Å². The molecule has 0 bridgehead atoms. The third-order valence-corrected chi connectivity index (χ3v) is 4.78. The largest absolute Gasteiger partial charge is 0.458 e. The number of hydrogen-bond acceptors (Lipinski definition) is 4. The van der Waals surface area contributed by atoms with Gasteiger partial charge in [0.25, 0.3) is 0 Å². The number of aliphatic hydroxyl groups is 2. The Morgan fingerprint density at radius 2 is 2.05 bits per heavy atom. The summed E-state index contributed by atoms with van der Waals surface area (Å²) in [5, 5.41) is 21.4. The van der Waals surface area contributed by atoms with E-state index < -0.39 is 29.2 Å². The highest BCUT2D eigenvalue weighted by Gasteiger charge is 2.61. The zero-order chi connectivity index (χ0) is 14.0. The Balaban J connectivity index is 2.11. The van der Waals surface area contributed by atoms with Gasteiger partial charge >= 0.3 is 5.97 Å². The van der Waals surface area contributed by atoms with Crippen molar-refractivity contribution in [1.82, 2.24) is 0 Å². The first-order chi connectivity index (χ1) is 8.77. The third kappa shape index (κ3) is 1.50. The fourth-order valence-electron chi connectivity index (χ4n) is 3.67. The molecule has 2 fully saturated rings. The molecular weight excluding hydrogens is 244 g/mol. The summed E-state index contributed by atoms with van der Waals surface area (Å²) in [5.41, 5.74) is -1.45. The van der Waals surface area contributed by atoms with E-state index in [0.29, 0.717) is 24.0 Å². The van der Waals surface area contributed by atoms with Crippen LogP contribution in [0.5, 0.6) is 0 Å². The quantitative estimate of drug-likeness (QED) is 0.390. The molecule has 4 nitrogen and oxygen atoms in total. The standard InChI is InChI=1S/C15H18O4/c1-8-4-5-10-9(2)13(16)19-11(10)12-14(3,17)6-7-15(8,12)18/h6-7,10-12,17-18H,1-2,4-5H2,3H3/t10-,11-,12-,14+,15+/m0/s1. The van der Waals surface area contributed by atoms with E-state index in [2.05, 4.69) is 13.2 Å². The van der Waals surface area contributed by atoms with Gasteiger partial charge in [-0.3, -0.25) is 0 Å². The molecule has 0 spiro atoms. The van der Waals surface area contributed by atoms with Crippen molar-refractivity contribution in [2.24, 2.45) is 11.8 Å². The van der Waals surface area contributed by atoms with Crippen molar-refractivity contribution in [1.29, 1.82) is 0 Å². The molecule has 1 heterocycles. The second-order valence-corrected chi connectivity index (χ2v) is 6.01. The predicted molar refractivity (Wildman–Crippen MR) is 69.1 cm³/mol. The van der Waals surface area contributed by atoms with Crippen LogP contribution in [0.15, 0.2) is 36.5 Å². The van der Waals surface area contributed by atoms with Crippen LogP contribution >= 0.6 is 0 Å². The molecule has 2 N–H and O–H groups in total. The molecule has 1 saturated carbocycles. The van der Waals surface area contributed by atoms with Crippen LogP contribution in [0.1, 0.15) is 19.8 Å². The van der Waals surface area contributed by atoms with Gasteiger partial charge in [-0.05, 0) is 31.4 Å². The summed E-state index contributed by atoms with van der Waals surface area (Å²) in [5.74, 6) is -1.20. The third-order valence-electron chi connectivity index (χ3n) is 4.78. The highest BCUT2D eigenvalue weighted by Crippen LogP contribution is 2.52. The van der Waals surface area contributed by atoms with E-state index in [1.165, 1.54) is 0 Å². The van der Waals surface area contributed by atoms with Crippen molar-refractivity contribution < 1.29 is 19.7 Å². The fourth-order valence-corrected chi connectivity index (χ4v) is 3.67. The summed E-state index contributed by atoms with van der Waals surface area (Å²) in [6.07, 6.45) is 3.85. The Hall–Kier alpha value is -1.39. The summed E-state index contributed by atoms with van der Waals surface area (Å²) < 4.78 is 5.38. The van der Waals surface area contributed by atoms with Crippen molar-refractivity contribution in [2.75, 3.05) is 0 Å². The van der Waals surface area contributed by atoms with Gasteiger partial charge in [-0.1, -0.05) is 19.2 Å². The average Bonchev–Trinajstić information content (AvgIpc) is 2.69. The summed E-state index contributed by atoms with van der Waals surface area (Å²) in [4.78, 5) is 11.7. The minimum atomic E-state index is -1.31. The Morgan fingerprint density at radius 3 is 2.74 bits per heavy atom. The Labute approximate surface area is 112 Å². The summed E-state index contributed by atoms with van der Waals surface area (Å²) >= 11 is 0. The maximum Gasteiger partial charge on any atom is 0.334 e. The maximum absolute atomic E-state index is 11.7. The van der Waals surface area contributed by atoms with Crippen LogP contribution in [-0.2, 0) is 9.53 Å². The first-order valence-corrected chi connectivity index (χ1v) is 6.50. The number of carbonyl (C=O) groups excluding carboxylic acids is 1. The monoisotopic (exact) mass is 262 g/mol. The van der Waals surface area contributed by atoms with Crippen LogP contribution < -0.4 is 0 Å². The van der Waals surface area contributed by atoms with Gasteiger partial charge in [-0.15, -0.1) is 0 Å². The van der Waals surface area contributed by atoms with E-state index in [4.69, 9.17) is 4.74 Å². The molecule has 19 heavy (non-hydrogen) atoms. The van der Waals surface area contributed by atoms with Gasteiger partial charge < -0.3 is 14.9 Å². The van der Waals surface area contributed by atoms with Gasteiger partial charge in [-0.2, -0.15) is 0 Å². The molecule has 0 aromatic carbocycles. The lowest BCUT2D eigenvalue weighted by molar-refractivity contribution is -0.151. The minimum Gasteiger partial charge on any atom is -0.458 e. The van der Waals surface area contributed by atoms with Crippen LogP contribution in [0, 0.1) is 11.8 Å². The van der Waals surface area contributed by atoms with Crippen molar-refractivity contribution in [3.05, 3.63) is 36.5 Å². The van der Waals surface area contributed by atoms with E-state index >= 15 is 0 Å². The van der Waals surface area contributed by atoms with Crippen LogP contribution in [0.4, 0.5) is 0 Å². The molecule has 0 aromatic heterocycles. The second-order valence-electron chi connectivity index (χ2n) is 6.01. The van der Waals surface area contributed by atoms with Crippen molar-refractivity contribution >= 4 is 5.97 Å². The molecular formula is C15H18O4. The molecule has 3 rings (SSSR count). The second kappa shape index (κ2) is 3.58. The lowest BCUT2D eigenvalue weighted by Crippen LogP contribution is -2.51. The first kappa shape index (κ1) is 12.6. The van der Waals surface area contributed by atoms with Crippen LogP contribution in [-0.4, -0.2) is 33.5 Å². The fraction of sp³-hybridized carbons (Fsp3) is 0.533. The van der Waals surface area contributed by atoms with Gasteiger partial charge in [0.2, 0.25) is 0 Å². The molecule has 1 saturated heterocycles. The van der Waals surface area contributed by atoms with E-state index in [1.807, 2.05) is 0 Å². The van der Waals surface area contributed by atoms with Crippen molar-refractivity contribution in [3.63, 3.8) is 0 Å². The SMILES string of the molecule is C=C1C(=O)O[C@@H]2[C@@H]3[C@@](O)(C=C[C@@]3(C)O)C(=C)CC[C@@H]12. The van der Waals surface area contributed by atoms with E-state index in [0.717, 1.165) is 0 Å². The number of hydrogen-bond donors (Lipinski definition) is 2. The lowest BCUT2D eigenvalue weighted by atomic mass is 9.74. The Bertz CT molecular complexity index is 516. The van der Waals surface area contributed by atoms with Crippen molar-refractivity contribution in [2.45, 2.75) is 37.1 Å². The zero-order valence-electron chi connectivity index (χ0n) is 10.9. The summed E-state index contributed by atoms with van der Waals surface area (Å²) in [7, 11) is 0. The van der Waals surface area contributed by atoms with Gasteiger partial charge in [-0.25, -0.2) is 4.79 Å². The van der Waals surface area contributed by atoms with Crippen LogP contribution in [0.3, 0.4) is 0 Å². The van der Waals surface area contributed by atoms with Gasteiger partial charge in [0, 0.05) is 11.5 Å². The van der Waals surface area contributed by atoms with E-state index in [-0.39, 0.29) is 5.92 Å². The van der Waals surface area contributed by atoms with Gasteiger partial charge in [0.1, 0.15) is 11.7 Å². The normalized spacial score (nSPS) is 48.8. The molecule has 0 aromatic rings. The molecule has 102 valence electrons. The van der Waals surface area contributed by atoms with Crippen LogP contribution in [0.2, 0.25) is 0 Å². The molecule has 0 unspecified atom stereocenters. The minimum absolute atomic E-state index is 0.158. The smallest absolute Gasteiger partial charge is 0.334 e. The number of ether oxygens (including phenoxy) is 1. The topological polar surface area (TPSA) is 66.8 Å². The average molecular weight is 262 g/mol. The van der Waals surface area contributed by atoms with E-state index in [9.17, 15) is 15.0 Å².